The molecule has 0 radical (unpaired) electrons. The molecule has 1 saturated heterocycles. The van der Waals surface area contributed by atoms with Crippen LogP contribution in [0.3, 0.4) is 0 Å². The van der Waals surface area contributed by atoms with E-state index in [2.05, 4.69) is 29.2 Å². The Balaban J connectivity index is 1.27. The van der Waals surface area contributed by atoms with Crippen LogP contribution in [0.25, 0.3) is 0 Å². The third-order valence-corrected chi connectivity index (χ3v) is 6.24. The molecule has 4 nitrogen and oxygen atoms in total. The number of fused-ring (bicyclic) bond motifs is 1. The largest absolute Gasteiger partial charge is 0.493 e. The molecule has 0 spiro atoms. The number of piperidine rings is 1. The Hall–Kier alpha value is -2.33. The number of benzene rings is 2. The van der Waals surface area contributed by atoms with E-state index in [1.807, 2.05) is 42.3 Å². The lowest BCUT2D eigenvalue weighted by Crippen LogP contribution is -2.51. The Bertz CT molecular complexity index is 767. The second kappa shape index (κ2) is 8.78. The normalized spacial score (nSPS) is 20.0. The van der Waals surface area contributed by atoms with Crippen LogP contribution in [0, 0.1) is 0 Å². The van der Waals surface area contributed by atoms with Crippen molar-refractivity contribution < 1.29 is 9.53 Å². The highest BCUT2D eigenvalue weighted by Gasteiger charge is 2.32. The predicted octanol–water partition coefficient (Wildman–Crippen LogP) is 3.55. The maximum Gasteiger partial charge on any atom is 0.226 e. The van der Waals surface area contributed by atoms with Crippen molar-refractivity contribution in [3.63, 3.8) is 0 Å². The van der Waals surface area contributed by atoms with Crippen molar-refractivity contribution in [3.05, 3.63) is 65.7 Å². The number of amides is 1. The molecule has 1 aliphatic heterocycles. The van der Waals surface area contributed by atoms with Gasteiger partial charge in [0.2, 0.25) is 5.91 Å². The number of hydrogen-bond donors (Lipinski definition) is 0. The maximum absolute atomic E-state index is 12.7. The van der Waals surface area contributed by atoms with Crippen LogP contribution in [-0.4, -0.2) is 54.5 Å². The van der Waals surface area contributed by atoms with Crippen molar-refractivity contribution in [2.75, 3.05) is 26.7 Å². The molecule has 1 atom stereocenters. The molecule has 0 N–H and O–H groups in total. The average Bonchev–Trinajstić information content (AvgIpc) is 3.18. The molecule has 4 rings (SSSR count). The Labute approximate surface area is 168 Å². The molecule has 2 aromatic rings. The zero-order valence-corrected chi connectivity index (χ0v) is 16.7. The third-order valence-electron chi connectivity index (χ3n) is 6.24. The highest BCUT2D eigenvalue weighted by molar-refractivity contribution is 5.76. The first-order chi connectivity index (χ1) is 13.7. The van der Waals surface area contributed by atoms with Gasteiger partial charge in [0.1, 0.15) is 5.75 Å². The van der Waals surface area contributed by atoms with Gasteiger partial charge in [0.25, 0.3) is 0 Å². The minimum Gasteiger partial charge on any atom is -0.493 e. The van der Waals surface area contributed by atoms with Crippen LogP contribution in [-0.2, 0) is 17.6 Å². The standard InChI is InChI=1S/C24H30N2O2/c1-25(24(27)13-15-28-23-11-3-2-4-12-23)21-10-7-14-26(18-21)22-16-19-8-5-6-9-20(19)17-22/h2-6,8-9,11-12,21-22H,7,10,13-18H2,1H3/t21-/m0/s1. The van der Waals surface area contributed by atoms with Gasteiger partial charge in [-0.05, 0) is 55.5 Å². The van der Waals surface area contributed by atoms with Crippen molar-refractivity contribution in [3.8, 4) is 5.75 Å². The molecule has 28 heavy (non-hydrogen) atoms. The van der Waals surface area contributed by atoms with Gasteiger partial charge in [0.05, 0.1) is 13.0 Å². The highest BCUT2D eigenvalue weighted by Crippen LogP contribution is 2.28. The van der Waals surface area contributed by atoms with Crippen molar-refractivity contribution >= 4 is 5.91 Å². The van der Waals surface area contributed by atoms with E-state index in [1.54, 1.807) is 0 Å². The first-order valence-corrected chi connectivity index (χ1v) is 10.4. The smallest absolute Gasteiger partial charge is 0.226 e. The van der Waals surface area contributed by atoms with Crippen LogP contribution in [0.4, 0.5) is 0 Å². The Morgan fingerprint density at radius 1 is 1.07 bits per heavy atom. The van der Waals surface area contributed by atoms with Gasteiger partial charge in [-0.15, -0.1) is 0 Å². The Kier molecular flexibility index (Phi) is 5.96. The molecule has 0 aromatic heterocycles. The van der Waals surface area contributed by atoms with Crippen LogP contribution >= 0.6 is 0 Å². The third kappa shape index (κ3) is 4.39. The molecule has 148 valence electrons. The van der Waals surface area contributed by atoms with Crippen molar-refractivity contribution in [2.45, 2.75) is 44.2 Å². The minimum atomic E-state index is 0.178. The first kappa shape index (κ1) is 19.0. The lowest BCUT2D eigenvalue weighted by molar-refractivity contribution is -0.133. The molecule has 4 heteroatoms. The summed E-state index contributed by atoms with van der Waals surface area (Å²) < 4.78 is 5.69. The zero-order valence-electron chi connectivity index (χ0n) is 16.7. The zero-order chi connectivity index (χ0) is 19.3. The average molecular weight is 379 g/mol. The summed E-state index contributed by atoms with van der Waals surface area (Å²) in [5.41, 5.74) is 2.99. The number of rotatable bonds is 6. The molecule has 1 heterocycles. The molecule has 1 aliphatic carbocycles. The quantitative estimate of drug-likeness (QED) is 0.771. The van der Waals surface area contributed by atoms with E-state index in [4.69, 9.17) is 4.74 Å². The number of likely N-dealkylation sites (tertiary alicyclic amines) is 1. The van der Waals surface area contributed by atoms with Gasteiger partial charge >= 0.3 is 0 Å². The topological polar surface area (TPSA) is 32.8 Å². The number of likely N-dealkylation sites (N-methyl/N-ethyl adjacent to an activating group) is 1. The molecule has 0 bridgehead atoms. The van der Waals surface area contributed by atoms with Crippen LogP contribution in [0.15, 0.2) is 54.6 Å². The molecule has 1 fully saturated rings. The number of para-hydroxylation sites is 1. The molecular weight excluding hydrogens is 348 g/mol. The number of carbonyl (C=O) groups is 1. The summed E-state index contributed by atoms with van der Waals surface area (Å²) in [5, 5.41) is 0. The van der Waals surface area contributed by atoms with Gasteiger partial charge in [-0.25, -0.2) is 0 Å². The number of ether oxygens (including phenoxy) is 1. The fourth-order valence-corrected chi connectivity index (χ4v) is 4.58. The van der Waals surface area contributed by atoms with E-state index >= 15 is 0 Å². The molecule has 2 aliphatic rings. The maximum atomic E-state index is 12.7. The summed E-state index contributed by atoms with van der Waals surface area (Å²) in [6.07, 6.45) is 4.97. The highest BCUT2D eigenvalue weighted by atomic mass is 16.5. The molecule has 2 aromatic carbocycles. The van der Waals surface area contributed by atoms with Crippen LogP contribution in [0.1, 0.15) is 30.4 Å². The van der Waals surface area contributed by atoms with E-state index in [0.717, 1.165) is 44.5 Å². The number of carbonyl (C=O) groups excluding carboxylic acids is 1. The van der Waals surface area contributed by atoms with E-state index in [1.165, 1.54) is 11.1 Å². The summed E-state index contributed by atoms with van der Waals surface area (Å²) in [5.74, 6) is 1.00. The second-order valence-electron chi connectivity index (χ2n) is 8.04. The molecular formula is C24H30N2O2. The molecule has 0 unspecified atom stereocenters. The number of nitrogens with zero attached hydrogens (tertiary/aromatic N) is 2. The van der Waals surface area contributed by atoms with E-state index < -0.39 is 0 Å². The SMILES string of the molecule is CN(C(=O)CCOc1ccccc1)[C@H]1CCCN(C2Cc3ccccc3C2)C1. The summed E-state index contributed by atoms with van der Waals surface area (Å²) in [6.45, 7) is 2.57. The van der Waals surface area contributed by atoms with Gasteiger partial charge in [-0.1, -0.05) is 42.5 Å². The Morgan fingerprint density at radius 3 is 2.46 bits per heavy atom. The fraction of sp³-hybridized carbons (Fsp3) is 0.458. The van der Waals surface area contributed by atoms with E-state index in [0.29, 0.717) is 25.1 Å². The van der Waals surface area contributed by atoms with Crippen molar-refractivity contribution in [2.24, 2.45) is 0 Å². The molecule has 1 amide bonds. The monoisotopic (exact) mass is 378 g/mol. The van der Waals surface area contributed by atoms with Gasteiger partial charge in [-0.3, -0.25) is 9.69 Å². The molecule has 0 saturated carbocycles. The van der Waals surface area contributed by atoms with Crippen LogP contribution in [0.2, 0.25) is 0 Å². The lowest BCUT2D eigenvalue weighted by atomic mass is 10.0. The minimum absolute atomic E-state index is 0.178. The summed E-state index contributed by atoms with van der Waals surface area (Å²) >= 11 is 0. The lowest BCUT2D eigenvalue weighted by Gasteiger charge is -2.40. The van der Waals surface area contributed by atoms with Crippen molar-refractivity contribution in [1.29, 1.82) is 0 Å². The summed E-state index contributed by atoms with van der Waals surface area (Å²) in [7, 11) is 1.96. The van der Waals surface area contributed by atoms with Crippen molar-refractivity contribution in [1.82, 2.24) is 9.80 Å². The van der Waals surface area contributed by atoms with Gasteiger partial charge in [0, 0.05) is 25.7 Å². The van der Waals surface area contributed by atoms with Crippen LogP contribution < -0.4 is 4.74 Å². The second-order valence-corrected chi connectivity index (χ2v) is 8.04. The Morgan fingerprint density at radius 2 is 1.75 bits per heavy atom. The van der Waals surface area contributed by atoms with E-state index in [-0.39, 0.29) is 5.91 Å². The number of hydrogen-bond acceptors (Lipinski definition) is 3. The van der Waals surface area contributed by atoms with Crippen LogP contribution in [0.5, 0.6) is 5.75 Å². The van der Waals surface area contributed by atoms with Gasteiger partial charge in [0.15, 0.2) is 0 Å². The summed E-state index contributed by atoms with van der Waals surface area (Å²) in [6, 6.07) is 19.4. The predicted molar refractivity (Wildman–Crippen MR) is 112 cm³/mol. The fourth-order valence-electron chi connectivity index (χ4n) is 4.58. The van der Waals surface area contributed by atoms with E-state index in [9.17, 15) is 4.79 Å². The first-order valence-electron chi connectivity index (χ1n) is 10.4. The van der Waals surface area contributed by atoms with Gasteiger partial charge < -0.3 is 9.64 Å². The summed E-state index contributed by atoms with van der Waals surface area (Å²) in [4.78, 5) is 17.2. The van der Waals surface area contributed by atoms with Gasteiger partial charge in [-0.2, -0.15) is 0 Å².